The van der Waals surface area contributed by atoms with E-state index in [2.05, 4.69) is 38.1 Å². The van der Waals surface area contributed by atoms with Crippen molar-refractivity contribution in [2.24, 2.45) is 0 Å². The van der Waals surface area contributed by atoms with Gasteiger partial charge >= 0.3 is 0 Å². The number of nitrogens with zero attached hydrogens (tertiary/aromatic N) is 1. The first-order valence-electron chi connectivity index (χ1n) is 6.23. The molecule has 0 aliphatic heterocycles. The van der Waals surface area contributed by atoms with Crippen molar-refractivity contribution in [2.45, 2.75) is 20.3 Å². The lowest BCUT2D eigenvalue weighted by molar-refractivity contribution is 1.15. The van der Waals surface area contributed by atoms with Crippen LogP contribution in [-0.4, -0.2) is 4.98 Å². The molecule has 0 spiro atoms. The first kappa shape index (κ1) is 12.6. The summed E-state index contributed by atoms with van der Waals surface area (Å²) < 4.78 is 1.28. The molecule has 0 aliphatic rings. The molecule has 0 aliphatic carbocycles. The highest BCUT2D eigenvalue weighted by Gasteiger charge is 2.07. The average molecular weight is 288 g/mol. The van der Waals surface area contributed by atoms with Gasteiger partial charge in [-0.15, -0.1) is 11.3 Å². The molecular weight excluding hydrogens is 274 g/mol. The number of hydrogen-bond acceptors (Lipinski definition) is 2. The molecule has 3 heteroatoms. The summed E-state index contributed by atoms with van der Waals surface area (Å²) in [6.07, 6.45) is 0.870. The quantitative estimate of drug-likeness (QED) is 0.634. The second-order valence-electron chi connectivity index (χ2n) is 4.84. The standard InChI is InChI=1S/C16H14ClNS/c1-10-7-11(2)16-14(8-10)19-15(18-16)9-12-3-5-13(17)6-4-12/h3-8H,9H2,1-2H3. The Hall–Kier alpha value is -1.38. The average Bonchev–Trinajstić information content (AvgIpc) is 2.75. The smallest absolute Gasteiger partial charge is 0.0982 e. The van der Waals surface area contributed by atoms with Crippen LogP contribution in [0.4, 0.5) is 0 Å². The number of fused-ring (bicyclic) bond motifs is 1. The summed E-state index contributed by atoms with van der Waals surface area (Å²) in [5.74, 6) is 0. The predicted octanol–water partition coefficient (Wildman–Crippen LogP) is 5.16. The molecule has 0 atom stereocenters. The van der Waals surface area contributed by atoms with Crippen LogP contribution in [0.2, 0.25) is 5.02 Å². The maximum atomic E-state index is 5.90. The van der Waals surface area contributed by atoms with Crippen molar-refractivity contribution in [1.29, 1.82) is 0 Å². The normalized spacial score (nSPS) is 11.1. The molecule has 3 aromatic rings. The van der Waals surface area contributed by atoms with E-state index in [4.69, 9.17) is 16.6 Å². The minimum absolute atomic E-state index is 0.777. The Kier molecular flexibility index (Phi) is 3.29. The van der Waals surface area contributed by atoms with E-state index < -0.39 is 0 Å². The van der Waals surface area contributed by atoms with E-state index in [1.54, 1.807) is 11.3 Å². The van der Waals surface area contributed by atoms with Crippen molar-refractivity contribution in [3.8, 4) is 0 Å². The van der Waals surface area contributed by atoms with Gasteiger partial charge in [-0.05, 0) is 48.7 Å². The van der Waals surface area contributed by atoms with Crippen LogP contribution >= 0.6 is 22.9 Å². The Balaban J connectivity index is 1.97. The van der Waals surface area contributed by atoms with Gasteiger partial charge in [0.1, 0.15) is 0 Å². The molecule has 1 nitrogen and oxygen atoms in total. The molecule has 96 valence electrons. The predicted molar refractivity (Wildman–Crippen MR) is 83.4 cm³/mol. The zero-order valence-electron chi connectivity index (χ0n) is 10.9. The molecule has 0 fully saturated rings. The largest absolute Gasteiger partial charge is 0.241 e. The highest BCUT2D eigenvalue weighted by atomic mass is 35.5. The Labute approximate surface area is 121 Å². The summed E-state index contributed by atoms with van der Waals surface area (Å²) in [6, 6.07) is 12.4. The summed E-state index contributed by atoms with van der Waals surface area (Å²) in [4.78, 5) is 4.76. The minimum Gasteiger partial charge on any atom is -0.241 e. The Morgan fingerprint density at radius 1 is 1.11 bits per heavy atom. The van der Waals surface area contributed by atoms with Crippen LogP contribution in [-0.2, 0) is 6.42 Å². The van der Waals surface area contributed by atoms with Gasteiger partial charge < -0.3 is 0 Å². The summed E-state index contributed by atoms with van der Waals surface area (Å²) in [5.41, 5.74) is 4.94. The topological polar surface area (TPSA) is 12.9 Å². The van der Waals surface area contributed by atoms with Gasteiger partial charge in [0.05, 0.1) is 15.2 Å². The van der Waals surface area contributed by atoms with E-state index in [0.717, 1.165) is 22.0 Å². The SMILES string of the molecule is Cc1cc(C)c2nc(Cc3ccc(Cl)cc3)sc2c1. The number of aromatic nitrogens is 1. The summed E-state index contributed by atoms with van der Waals surface area (Å²) >= 11 is 7.68. The first-order chi connectivity index (χ1) is 9.11. The second-order valence-corrected chi connectivity index (χ2v) is 6.39. The van der Waals surface area contributed by atoms with Crippen molar-refractivity contribution >= 4 is 33.2 Å². The van der Waals surface area contributed by atoms with Gasteiger partial charge in [-0.1, -0.05) is 29.8 Å². The Bertz CT molecular complexity index is 728. The monoisotopic (exact) mass is 287 g/mol. The van der Waals surface area contributed by atoms with Crippen LogP contribution in [0.5, 0.6) is 0 Å². The second kappa shape index (κ2) is 4.95. The third-order valence-corrected chi connectivity index (χ3v) is 4.40. The van der Waals surface area contributed by atoms with Crippen LogP contribution < -0.4 is 0 Å². The van der Waals surface area contributed by atoms with Gasteiger partial charge in [0.2, 0.25) is 0 Å². The van der Waals surface area contributed by atoms with E-state index in [-0.39, 0.29) is 0 Å². The summed E-state index contributed by atoms with van der Waals surface area (Å²) in [7, 11) is 0. The number of hydrogen-bond donors (Lipinski definition) is 0. The minimum atomic E-state index is 0.777. The molecule has 0 N–H and O–H groups in total. The number of thiazole rings is 1. The molecular formula is C16H14ClNS. The Morgan fingerprint density at radius 2 is 1.84 bits per heavy atom. The zero-order chi connectivity index (χ0) is 13.4. The van der Waals surface area contributed by atoms with Crippen molar-refractivity contribution in [1.82, 2.24) is 4.98 Å². The van der Waals surface area contributed by atoms with Gasteiger partial charge in [0.15, 0.2) is 0 Å². The van der Waals surface area contributed by atoms with Crippen LogP contribution in [0, 0.1) is 13.8 Å². The van der Waals surface area contributed by atoms with E-state index in [9.17, 15) is 0 Å². The molecule has 1 heterocycles. The van der Waals surface area contributed by atoms with Gasteiger partial charge in [0, 0.05) is 11.4 Å². The van der Waals surface area contributed by atoms with Gasteiger partial charge in [-0.2, -0.15) is 0 Å². The van der Waals surface area contributed by atoms with Gasteiger partial charge in [-0.25, -0.2) is 4.98 Å². The van der Waals surface area contributed by atoms with Gasteiger partial charge in [-0.3, -0.25) is 0 Å². The summed E-state index contributed by atoms with van der Waals surface area (Å²) in [5, 5.41) is 1.94. The first-order valence-corrected chi connectivity index (χ1v) is 7.42. The summed E-state index contributed by atoms with van der Waals surface area (Å²) in [6.45, 7) is 4.26. The molecule has 3 rings (SSSR count). The van der Waals surface area contributed by atoms with Crippen molar-refractivity contribution < 1.29 is 0 Å². The fourth-order valence-corrected chi connectivity index (χ4v) is 3.57. The number of benzene rings is 2. The number of aryl methyl sites for hydroxylation is 2. The highest BCUT2D eigenvalue weighted by molar-refractivity contribution is 7.18. The van der Waals surface area contributed by atoms with Gasteiger partial charge in [0.25, 0.3) is 0 Å². The zero-order valence-corrected chi connectivity index (χ0v) is 12.5. The molecule has 2 aromatic carbocycles. The van der Waals surface area contributed by atoms with E-state index >= 15 is 0 Å². The fraction of sp³-hybridized carbons (Fsp3) is 0.188. The van der Waals surface area contributed by atoms with E-state index in [1.807, 2.05) is 12.1 Å². The van der Waals surface area contributed by atoms with E-state index in [0.29, 0.717) is 0 Å². The Morgan fingerprint density at radius 3 is 2.58 bits per heavy atom. The van der Waals surface area contributed by atoms with Crippen LogP contribution in [0.15, 0.2) is 36.4 Å². The molecule has 0 radical (unpaired) electrons. The third kappa shape index (κ3) is 2.65. The molecule has 0 saturated carbocycles. The lowest BCUT2D eigenvalue weighted by Crippen LogP contribution is -1.86. The van der Waals surface area contributed by atoms with Crippen LogP contribution in [0.1, 0.15) is 21.7 Å². The third-order valence-electron chi connectivity index (χ3n) is 3.14. The maximum absolute atomic E-state index is 5.90. The highest BCUT2D eigenvalue weighted by Crippen LogP contribution is 2.27. The van der Waals surface area contributed by atoms with E-state index in [1.165, 1.54) is 21.4 Å². The molecule has 0 bridgehead atoms. The van der Waals surface area contributed by atoms with Crippen molar-refractivity contribution in [2.75, 3.05) is 0 Å². The van der Waals surface area contributed by atoms with Crippen molar-refractivity contribution in [3.63, 3.8) is 0 Å². The lowest BCUT2D eigenvalue weighted by atomic mass is 10.1. The molecule has 1 aromatic heterocycles. The van der Waals surface area contributed by atoms with Crippen molar-refractivity contribution in [3.05, 3.63) is 63.1 Å². The maximum Gasteiger partial charge on any atom is 0.0982 e. The number of halogens is 1. The van der Waals surface area contributed by atoms with Crippen LogP contribution in [0.25, 0.3) is 10.2 Å². The lowest BCUT2D eigenvalue weighted by Gasteiger charge is -1.97. The molecule has 19 heavy (non-hydrogen) atoms. The molecule has 0 unspecified atom stereocenters. The molecule has 0 saturated heterocycles. The van der Waals surface area contributed by atoms with Crippen LogP contribution in [0.3, 0.4) is 0 Å². The fourth-order valence-electron chi connectivity index (χ4n) is 2.27. The molecule has 0 amide bonds. The number of rotatable bonds is 2.